The average molecular weight is 268 g/mol. The van der Waals surface area contributed by atoms with Gasteiger partial charge in [0.25, 0.3) is 0 Å². The van der Waals surface area contributed by atoms with Crippen LogP contribution in [0.4, 0.5) is 15.8 Å². The van der Waals surface area contributed by atoms with Crippen molar-refractivity contribution in [3.63, 3.8) is 0 Å². The largest absolute Gasteiger partial charge is 0.399 e. The van der Waals surface area contributed by atoms with Crippen LogP contribution in [0.15, 0.2) is 36.4 Å². The highest BCUT2D eigenvalue weighted by Gasteiger charge is 2.32. The van der Waals surface area contributed by atoms with Gasteiger partial charge in [0.05, 0.1) is 6.04 Å². The number of hydrogen-bond donors (Lipinski definition) is 1. The van der Waals surface area contributed by atoms with E-state index in [4.69, 9.17) is 5.73 Å². The Kier molecular flexibility index (Phi) is 2.49. The number of nitrogen functional groups attached to an aromatic ring is 1. The van der Waals surface area contributed by atoms with Crippen LogP contribution in [0.1, 0.15) is 29.2 Å². The van der Waals surface area contributed by atoms with E-state index in [-0.39, 0.29) is 5.82 Å². The van der Waals surface area contributed by atoms with E-state index < -0.39 is 0 Å². The zero-order chi connectivity index (χ0) is 13.7. The summed E-state index contributed by atoms with van der Waals surface area (Å²) in [4.78, 5) is 2.36. The second-order valence-corrected chi connectivity index (χ2v) is 5.73. The Morgan fingerprint density at radius 3 is 2.85 bits per heavy atom. The van der Waals surface area contributed by atoms with Crippen LogP contribution in [0, 0.1) is 5.82 Å². The number of halogens is 1. The second-order valence-electron chi connectivity index (χ2n) is 5.73. The van der Waals surface area contributed by atoms with Crippen molar-refractivity contribution in [2.75, 3.05) is 17.2 Å². The van der Waals surface area contributed by atoms with E-state index in [1.165, 1.54) is 16.7 Å². The van der Waals surface area contributed by atoms with Gasteiger partial charge in [-0.05, 0) is 60.2 Å². The summed E-state index contributed by atoms with van der Waals surface area (Å²) in [6.07, 6.45) is 3.16. The monoisotopic (exact) mass is 268 g/mol. The highest BCUT2D eigenvalue weighted by atomic mass is 19.1. The van der Waals surface area contributed by atoms with Gasteiger partial charge in [-0.3, -0.25) is 0 Å². The van der Waals surface area contributed by atoms with Crippen LogP contribution in [-0.4, -0.2) is 6.54 Å². The molecule has 1 aliphatic heterocycles. The molecule has 102 valence electrons. The summed E-state index contributed by atoms with van der Waals surface area (Å²) in [5.41, 5.74) is 11.7. The Hall–Kier alpha value is -2.03. The molecule has 2 aromatic carbocycles. The predicted molar refractivity (Wildman–Crippen MR) is 79.4 cm³/mol. The molecule has 1 atom stereocenters. The first-order chi connectivity index (χ1) is 9.72. The Morgan fingerprint density at radius 2 is 1.95 bits per heavy atom. The summed E-state index contributed by atoms with van der Waals surface area (Å²) in [7, 11) is 0. The van der Waals surface area contributed by atoms with E-state index in [1.54, 1.807) is 12.1 Å². The number of benzene rings is 2. The standard InChI is InChI=1S/C17H17FN2/c18-13-3-1-11-7-8-20(17(11)10-13)16-6-2-12-9-14(19)4-5-15(12)16/h1,3-5,9-10,16H,2,6-8,19H2. The van der Waals surface area contributed by atoms with Crippen molar-refractivity contribution in [2.24, 2.45) is 0 Å². The third-order valence-corrected chi connectivity index (χ3v) is 4.57. The van der Waals surface area contributed by atoms with Crippen molar-refractivity contribution in [3.05, 3.63) is 58.9 Å². The molecule has 0 radical (unpaired) electrons. The van der Waals surface area contributed by atoms with Gasteiger partial charge in [0.15, 0.2) is 0 Å². The van der Waals surface area contributed by atoms with E-state index in [9.17, 15) is 4.39 Å². The molecule has 0 saturated heterocycles. The Bertz CT molecular complexity index is 681. The molecule has 0 amide bonds. The molecule has 0 bridgehead atoms. The molecular formula is C17H17FN2. The molecule has 0 aromatic heterocycles. The smallest absolute Gasteiger partial charge is 0.125 e. The molecule has 2 aromatic rings. The minimum atomic E-state index is -0.147. The van der Waals surface area contributed by atoms with Gasteiger partial charge in [0.2, 0.25) is 0 Å². The first kappa shape index (κ1) is 11.8. The third kappa shape index (κ3) is 1.69. The van der Waals surface area contributed by atoms with Crippen LogP contribution < -0.4 is 10.6 Å². The topological polar surface area (TPSA) is 29.3 Å². The first-order valence-corrected chi connectivity index (χ1v) is 7.16. The fraction of sp³-hybridized carbons (Fsp3) is 0.294. The van der Waals surface area contributed by atoms with Crippen LogP contribution >= 0.6 is 0 Å². The summed E-state index contributed by atoms with van der Waals surface area (Å²) in [5, 5.41) is 0. The van der Waals surface area contributed by atoms with Gasteiger partial charge in [0, 0.05) is 17.9 Å². The molecule has 0 saturated carbocycles. The van der Waals surface area contributed by atoms with Crippen LogP contribution in [0.3, 0.4) is 0 Å². The van der Waals surface area contributed by atoms with Gasteiger partial charge in [-0.15, -0.1) is 0 Å². The molecular weight excluding hydrogens is 251 g/mol. The Balaban J connectivity index is 1.74. The summed E-state index contributed by atoms with van der Waals surface area (Å²) < 4.78 is 13.5. The number of nitrogens with two attached hydrogens (primary N) is 1. The summed E-state index contributed by atoms with van der Waals surface area (Å²) in [5.74, 6) is -0.147. The van der Waals surface area contributed by atoms with Crippen molar-refractivity contribution in [1.29, 1.82) is 0 Å². The lowest BCUT2D eigenvalue weighted by Crippen LogP contribution is -2.25. The average Bonchev–Trinajstić information content (AvgIpc) is 3.01. The zero-order valence-electron chi connectivity index (χ0n) is 11.3. The van der Waals surface area contributed by atoms with Crippen molar-refractivity contribution < 1.29 is 4.39 Å². The molecule has 1 heterocycles. The maximum absolute atomic E-state index is 13.5. The third-order valence-electron chi connectivity index (χ3n) is 4.57. The zero-order valence-corrected chi connectivity index (χ0v) is 11.3. The minimum absolute atomic E-state index is 0.147. The van der Waals surface area contributed by atoms with E-state index >= 15 is 0 Å². The number of hydrogen-bond acceptors (Lipinski definition) is 2. The summed E-state index contributed by atoms with van der Waals surface area (Å²) in [6.45, 7) is 0.979. The number of fused-ring (bicyclic) bond motifs is 2. The lowest BCUT2D eigenvalue weighted by Gasteiger charge is -2.28. The number of rotatable bonds is 1. The number of nitrogens with zero attached hydrogens (tertiary/aromatic N) is 1. The van der Waals surface area contributed by atoms with E-state index in [1.807, 2.05) is 12.1 Å². The maximum atomic E-state index is 13.5. The van der Waals surface area contributed by atoms with Crippen molar-refractivity contribution in [1.82, 2.24) is 0 Å². The molecule has 20 heavy (non-hydrogen) atoms. The van der Waals surface area contributed by atoms with E-state index in [0.29, 0.717) is 6.04 Å². The van der Waals surface area contributed by atoms with Crippen LogP contribution in [0.2, 0.25) is 0 Å². The van der Waals surface area contributed by atoms with Gasteiger partial charge < -0.3 is 10.6 Å². The van der Waals surface area contributed by atoms with E-state index in [0.717, 1.165) is 37.2 Å². The summed E-state index contributed by atoms with van der Waals surface area (Å²) >= 11 is 0. The SMILES string of the molecule is Nc1ccc2c(c1)CCC2N1CCc2ccc(F)cc21. The Labute approximate surface area is 118 Å². The van der Waals surface area contributed by atoms with Crippen LogP contribution in [0.5, 0.6) is 0 Å². The van der Waals surface area contributed by atoms with Gasteiger partial charge in [0.1, 0.15) is 5.82 Å². The molecule has 1 aliphatic carbocycles. The van der Waals surface area contributed by atoms with Gasteiger partial charge in [-0.1, -0.05) is 12.1 Å². The van der Waals surface area contributed by atoms with Crippen molar-refractivity contribution in [2.45, 2.75) is 25.3 Å². The van der Waals surface area contributed by atoms with Crippen molar-refractivity contribution in [3.8, 4) is 0 Å². The first-order valence-electron chi connectivity index (χ1n) is 7.16. The minimum Gasteiger partial charge on any atom is -0.399 e. The molecule has 2 nitrogen and oxygen atoms in total. The molecule has 2 aliphatic rings. The van der Waals surface area contributed by atoms with Crippen LogP contribution in [0.25, 0.3) is 0 Å². The van der Waals surface area contributed by atoms with Gasteiger partial charge >= 0.3 is 0 Å². The molecule has 0 spiro atoms. The normalized spacial score (nSPS) is 20.1. The lowest BCUT2D eigenvalue weighted by molar-refractivity contribution is 0.617. The highest BCUT2D eigenvalue weighted by Crippen LogP contribution is 2.42. The Morgan fingerprint density at radius 1 is 1.05 bits per heavy atom. The van der Waals surface area contributed by atoms with Gasteiger partial charge in [-0.2, -0.15) is 0 Å². The molecule has 3 heteroatoms. The predicted octanol–water partition coefficient (Wildman–Crippen LogP) is 3.46. The molecule has 2 N–H and O–H groups in total. The molecule has 0 fully saturated rings. The quantitative estimate of drug-likeness (QED) is 0.803. The van der Waals surface area contributed by atoms with Crippen LogP contribution in [-0.2, 0) is 12.8 Å². The summed E-state index contributed by atoms with van der Waals surface area (Å²) in [6, 6.07) is 11.7. The lowest BCUT2D eigenvalue weighted by atomic mass is 10.1. The fourth-order valence-electron chi connectivity index (χ4n) is 3.64. The number of anilines is 2. The molecule has 1 unspecified atom stereocenters. The van der Waals surface area contributed by atoms with Gasteiger partial charge in [-0.25, -0.2) is 4.39 Å². The van der Waals surface area contributed by atoms with Crippen molar-refractivity contribution >= 4 is 11.4 Å². The van der Waals surface area contributed by atoms with E-state index in [2.05, 4.69) is 17.0 Å². The maximum Gasteiger partial charge on any atom is 0.125 e. The fourth-order valence-corrected chi connectivity index (χ4v) is 3.64. The second kappa shape index (κ2) is 4.23. The highest BCUT2D eigenvalue weighted by molar-refractivity contribution is 5.61. The number of aryl methyl sites for hydroxylation is 1. The molecule has 4 rings (SSSR count).